The second-order valence-corrected chi connectivity index (χ2v) is 15.5. The molecule has 0 N–H and O–H groups in total. The van der Waals surface area contributed by atoms with E-state index >= 15 is 0 Å². The lowest BCUT2D eigenvalue weighted by atomic mass is 10.2. The lowest BCUT2D eigenvalue weighted by Gasteiger charge is -2.29. The molecule has 3 fully saturated rings. The molecule has 4 aromatic heterocycles. The van der Waals surface area contributed by atoms with Gasteiger partial charge in [-0.15, -0.1) is 0 Å². The van der Waals surface area contributed by atoms with Crippen LogP contribution in [0.2, 0.25) is 5.15 Å². The van der Waals surface area contributed by atoms with Crippen LogP contribution in [0.3, 0.4) is 0 Å². The fraction of sp³-hybridized carbons (Fsp3) is 0.364. The summed E-state index contributed by atoms with van der Waals surface area (Å²) in [4.78, 5) is 48.3. The summed E-state index contributed by atoms with van der Waals surface area (Å²) in [7, 11) is 7.95. The van der Waals surface area contributed by atoms with Gasteiger partial charge in [0.25, 0.3) is 0 Å². The van der Waals surface area contributed by atoms with Crippen molar-refractivity contribution in [3.63, 3.8) is 0 Å². The molecule has 0 amide bonds. The number of benzene rings is 2. The Kier molecular flexibility index (Phi) is 12.3. The molecule has 3 aliphatic rings. The zero-order chi connectivity index (χ0) is 40.7. The van der Waals surface area contributed by atoms with Crippen molar-refractivity contribution in [2.75, 3.05) is 105 Å². The first-order valence-corrected chi connectivity index (χ1v) is 20.7. The predicted octanol–water partition coefficient (Wildman–Crippen LogP) is 7.00. The van der Waals surface area contributed by atoms with Crippen molar-refractivity contribution >= 4 is 86.8 Å². The van der Waals surface area contributed by atoms with Crippen molar-refractivity contribution in [3.05, 3.63) is 89.1 Å². The first kappa shape index (κ1) is 39.8. The van der Waals surface area contributed by atoms with Crippen molar-refractivity contribution in [1.82, 2.24) is 39.9 Å². The Balaban J connectivity index is 0.000000167. The summed E-state index contributed by atoms with van der Waals surface area (Å²) in [5.74, 6) is 7.11. The molecule has 15 heteroatoms. The van der Waals surface area contributed by atoms with Crippen LogP contribution >= 0.6 is 11.6 Å². The third-order valence-electron chi connectivity index (χ3n) is 10.4. The number of morpholine rings is 1. The molecule has 9 rings (SSSR count). The predicted molar refractivity (Wildman–Crippen MR) is 241 cm³/mol. The molecule has 0 unspecified atom stereocenters. The molecule has 14 nitrogen and oxygen atoms in total. The van der Waals surface area contributed by atoms with Gasteiger partial charge < -0.3 is 29.2 Å². The van der Waals surface area contributed by atoms with Crippen molar-refractivity contribution < 1.29 is 4.74 Å². The molecule has 3 saturated heterocycles. The third kappa shape index (κ3) is 9.67. The summed E-state index contributed by atoms with van der Waals surface area (Å²) in [5, 5.41) is 2.51. The molecule has 304 valence electrons. The Bertz CT molecular complexity index is 2460. The number of halogens is 1. The Morgan fingerprint density at radius 1 is 0.492 bits per heavy atom. The lowest BCUT2D eigenvalue weighted by molar-refractivity contribution is 0.122. The standard InChI is InChI=1S/C24H29N7O.C20H21ClN6/c1-29(2)24-18-7-3-4-8-19(18)25-20(28-24)9-10-21-26-22(30-11-5-6-12-30)17-23(27-21)31-13-15-32-16-14-31;1-26(2)20-14-7-3-4-8-15(14)22-17(25-20)9-10-18-23-16(21)13-19(24-18)27-11-5-6-12-27/h3-4,7-10,17H,5-6,11-16H2,1-2H3;3-4,7-10,13H,5-6,11-12H2,1-2H3/b2*10-9+. The first-order valence-electron chi connectivity index (χ1n) is 20.3. The third-order valence-corrected chi connectivity index (χ3v) is 10.6. The van der Waals surface area contributed by atoms with E-state index < -0.39 is 0 Å². The number of anilines is 5. The second kappa shape index (κ2) is 18.3. The van der Waals surface area contributed by atoms with Gasteiger partial charge in [-0.2, -0.15) is 0 Å². The maximum Gasteiger partial charge on any atom is 0.156 e. The first-order chi connectivity index (χ1) is 28.8. The molecule has 0 saturated carbocycles. The highest BCUT2D eigenvalue weighted by Gasteiger charge is 2.20. The zero-order valence-corrected chi connectivity index (χ0v) is 34.9. The van der Waals surface area contributed by atoms with E-state index in [4.69, 9.17) is 36.3 Å². The minimum atomic E-state index is 0.444. The van der Waals surface area contributed by atoms with E-state index in [1.165, 1.54) is 25.7 Å². The van der Waals surface area contributed by atoms with Crippen LogP contribution in [0, 0.1) is 0 Å². The molecular weight excluding hydrogens is 762 g/mol. The maximum absolute atomic E-state index is 6.21. The number of ether oxygens (including phenoxy) is 1. The highest BCUT2D eigenvalue weighted by molar-refractivity contribution is 6.29. The Morgan fingerprint density at radius 2 is 0.881 bits per heavy atom. The van der Waals surface area contributed by atoms with Gasteiger partial charge in [0, 0.05) is 90.4 Å². The van der Waals surface area contributed by atoms with Gasteiger partial charge in [0.15, 0.2) is 23.3 Å². The fourth-order valence-electron chi connectivity index (χ4n) is 7.47. The average Bonchev–Trinajstić information content (AvgIpc) is 4.01. The molecule has 0 aliphatic carbocycles. The zero-order valence-electron chi connectivity index (χ0n) is 34.2. The molecule has 6 aromatic rings. The van der Waals surface area contributed by atoms with Crippen LogP contribution in [-0.2, 0) is 4.74 Å². The molecule has 2 aromatic carbocycles. The molecule has 59 heavy (non-hydrogen) atoms. The Labute approximate surface area is 350 Å². The van der Waals surface area contributed by atoms with Crippen molar-refractivity contribution in [3.8, 4) is 0 Å². The molecule has 7 heterocycles. The number of rotatable bonds is 9. The SMILES string of the molecule is CN(C)c1nc(/C=C/c2nc(Cl)cc(N3CCCC3)n2)nc2ccccc12.CN(C)c1nc(/C=C/c2nc(N3CCCC3)cc(N3CCOCC3)n2)nc2ccccc12. The fourth-order valence-corrected chi connectivity index (χ4v) is 7.65. The van der Waals surface area contributed by atoms with E-state index in [9.17, 15) is 0 Å². The van der Waals surface area contributed by atoms with Crippen LogP contribution in [0.5, 0.6) is 0 Å². The van der Waals surface area contributed by atoms with Crippen LogP contribution in [0.1, 0.15) is 49.0 Å². The highest BCUT2D eigenvalue weighted by Crippen LogP contribution is 2.27. The van der Waals surface area contributed by atoms with E-state index in [1.807, 2.05) is 111 Å². The smallest absolute Gasteiger partial charge is 0.156 e. The molecule has 0 spiro atoms. The van der Waals surface area contributed by atoms with Crippen molar-refractivity contribution in [2.24, 2.45) is 0 Å². The molecule has 3 aliphatic heterocycles. The van der Waals surface area contributed by atoms with Crippen molar-refractivity contribution in [1.29, 1.82) is 0 Å². The number of fused-ring (bicyclic) bond motifs is 2. The largest absolute Gasteiger partial charge is 0.378 e. The summed E-state index contributed by atoms with van der Waals surface area (Å²) in [6, 6.07) is 20.0. The maximum atomic E-state index is 6.21. The molecule has 0 radical (unpaired) electrons. The summed E-state index contributed by atoms with van der Waals surface area (Å²) in [6.45, 7) is 7.26. The summed E-state index contributed by atoms with van der Waals surface area (Å²) < 4.78 is 5.52. The minimum absolute atomic E-state index is 0.444. The second-order valence-electron chi connectivity index (χ2n) is 15.1. The van der Waals surface area contributed by atoms with Gasteiger partial charge in [-0.3, -0.25) is 0 Å². The Hall–Kier alpha value is -5.99. The van der Waals surface area contributed by atoms with Crippen LogP contribution in [0.4, 0.5) is 29.1 Å². The van der Waals surface area contributed by atoms with Gasteiger partial charge in [0.1, 0.15) is 34.2 Å². The molecular formula is C44H50ClN13O. The lowest BCUT2D eigenvalue weighted by Crippen LogP contribution is -2.37. The van der Waals surface area contributed by atoms with Crippen molar-refractivity contribution in [2.45, 2.75) is 25.7 Å². The van der Waals surface area contributed by atoms with E-state index in [1.54, 1.807) is 0 Å². The van der Waals surface area contributed by atoms with Gasteiger partial charge >= 0.3 is 0 Å². The quantitative estimate of drug-likeness (QED) is 0.139. The topological polar surface area (TPSA) is 129 Å². The van der Waals surface area contributed by atoms with E-state index in [2.05, 4.69) is 46.8 Å². The van der Waals surface area contributed by atoms with Crippen LogP contribution in [-0.4, -0.2) is 121 Å². The van der Waals surface area contributed by atoms with Gasteiger partial charge in [0.2, 0.25) is 0 Å². The molecule has 0 bridgehead atoms. The van der Waals surface area contributed by atoms with Gasteiger partial charge in [-0.05, 0) is 74.3 Å². The van der Waals surface area contributed by atoms with Gasteiger partial charge in [-0.25, -0.2) is 39.9 Å². The van der Waals surface area contributed by atoms with Crippen LogP contribution in [0.25, 0.3) is 46.1 Å². The monoisotopic (exact) mass is 811 g/mol. The number of hydrogen-bond donors (Lipinski definition) is 0. The summed E-state index contributed by atoms with van der Waals surface area (Å²) in [6.07, 6.45) is 12.3. The van der Waals surface area contributed by atoms with Gasteiger partial charge in [0.05, 0.1) is 24.2 Å². The van der Waals surface area contributed by atoms with Gasteiger partial charge in [-0.1, -0.05) is 35.9 Å². The number of aromatic nitrogens is 8. The Morgan fingerprint density at radius 3 is 1.34 bits per heavy atom. The summed E-state index contributed by atoms with van der Waals surface area (Å²) >= 11 is 6.21. The van der Waals surface area contributed by atoms with E-state index in [-0.39, 0.29) is 0 Å². The van der Waals surface area contributed by atoms with Crippen LogP contribution < -0.4 is 24.5 Å². The summed E-state index contributed by atoms with van der Waals surface area (Å²) in [5.41, 5.74) is 1.83. The highest BCUT2D eigenvalue weighted by atomic mass is 35.5. The van der Waals surface area contributed by atoms with E-state index in [0.29, 0.717) is 28.5 Å². The average molecular weight is 812 g/mol. The van der Waals surface area contributed by atoms with Crippen LogP contribution in [0.15, 0.2) is 60.7 Å². The number of para-hydroxylation sites is 2. The van der Waals surface area contributed by atoms with E-state index in [0.717, 1.165) is 103 Å². The normalized spacial score (nSPS) is 15.8. The number of hydrogen-bond acceptors (Lipinski definition) is 14. The molecule has 0 atom stereocenters. The minimum Gasteiger partial charge on any atom is -0.378 e. The number of nitrogens with zero attached hydrogens (tertiary/aromatic N) is 13.